The molecule has 0 aromatic heterocycles. The van der Waals surface area contributed by atoms with Crippen molar-refractivity contribution in [2.24, 2.45) is 0 Å². The Balaban J connectivity index is 1.79. The van der Waals surface area contributed by atoms with E-state index in [2.05, 4.69) is 23.1 Å². The minimum Gasteiger partial charge on any atom is -0.294 e. The SMILES string of the molecule is N#Cc1cccc(CN2CCc3ccccc3C2)c1F. The van der Waals surface area contributed by atoms with Crippen molar-refractivity contribution < 1.29 is 4.39 Å². The van der Waals surface area contributed by atoms with E-state index in [-0.39, 0.29) is 11.4 Å². The standard InChI is InChI=1S/C17H15FN2/c18-17-14(10-19)6-3-7-16(17)12-20-9-8-13-4-1-2-5-15(13)11-20/h1-7H,8-9,11-12H2. The predicted octanol–water partition coefficient (Wildman–Crippen LogP) is 3.26. The van der Waals surface area contributed by atoms with Gasteiger partial charge in [0.05, 0.1) is 5.56 Å². The Bertz CT molecular complexity index is 673. The molecule has 1 aliphatic heterocycles. The Labute approximate surface area is 118 Å². The molecule has 2 nitrogen and oxygen atoms in total. The summed E-state index contributed by atoms with van der Waals surface area (Å²) < 4.78 is 14.1. The lowest BCUT2D eigenvalue weighted by atomic mass is 9.99. The summed E-state index contributed by atoms with van der Waals surface area (Å²) in [6.45, 7) is 2.31. The molecular formula is C17H15FN2. The molecule has 3 rings (SSSR count). The third kappa shape index (κ3) is 2.43. The quantitative estimate of drug-likeness (QED) is 0.834. The first-order chi connectivity index (χ1) is 9.78. The van der Waals surface area contributed by atoms with Crippen LogP contribution in [0.2, 0.25) is 0 Å². The normalized spacial score (nSPS) is 14.6. The van der Waals surface area contributed by atoms with Crippen molar-refractivity contribution in [3.8, 4) is 6.07 Å². The van der Waals surface area contributed by atoms with Gasteiger partial charge in [0.2, 0.25) is 0 Å². The zero-order valence-corrected chi connectivity index (χ0v) is 11.1. The Morgan fingerprint density at radius 3 is 2.70 bits per heavy atom. The van der Waals surface area contributed by atoms with Crippen molar-refractivity contribution in [3.63, 3.8) is 0 Å². The molecule has 3 heteroatoms. The van der Waals surface area contributed by atoms with E-state index in [1.54, 1.807) is 12.1 Å². The largest absolute Gasteiger partial charge is 0.294 e. The van der Waals surface area contributed by atoms with Crippen LogP contribution in [0.1, 0.15) is 22.3 Å². The maximum atomic E-state index is 14.1. The van der Waals surface area contributed by atoms with Gasteiger partial charge >= 0.3 is 0 Å². The van der Waals surface area contributed by atoms with Crippen LogP contribution in [0.25, 0.3) is 0 Å². The fraction of sp³-hybridized carbons (Fsp3) is 0.235. The van der Waals surface area contributed by atoms with Gasteiger partial charge in [-0.15, -0.1) is 0 Å². The molecule has 0 spiro atoms. The van der Waals surface area contributed by atoms with Gasteiger partial charge in [-0.25, -0.2) is 4.39 Å². The summed E-state index contributed by atoms with van der Waals surface area (Å²) in [6, 6.07) is 15.3. The predicted molar refractivity (Wildman–Crippen MR) is 75.4 cm³/mol. The molecule has 0 N–H and O–H groups in total. The number of hydrogen-bond acceptors (Lipinski definition) is 2. The third-order valence-corrected chi connectivity index (χ3v) is 3.80. The molecule has 0 bridgehead atoms. The van der Waals surface area contributed by atoms with Crippen LogP contribution in [0.15, 0.2) is 42.5 Å². The number of nitrogens with zero attached hydrogens (tertiary/aromatic N) is 2. The second-order valence-corrected chi connectivity index (χ2v) is 5.12. The van der Waals surface area contributed by atoms with Gasteiger partial charge in [-0.3, -0.25) is 4.90 Å². The van der Waals surface area contributed by atoms with Crippen molar-refractivity contribution in [2.45, 2.75) is 19.5 Å². The molecule has 0 radical (unpaired) electrons. The van der Waals surface area contributed by atoms with E-state index in [4.69, 9.17) is 5.26 Å². The van der Waals surface area contributed by atoms with Crippen LogP contribution in [0.3, 0.4) is 0 Å². The van der Waals surface area contributed by atoms with Crippen LogP contribution in [-0.4, -0.2) is 11.4 Å². The second-order valence-electron chi connectivity index (χ2n) is 5.12. The Kier molecular flexibility index (Phi) is 3.49. The molecule has 0 unspecified atom stereocenters. The van der Waals surface area contributed by atoms with Gasteiger partial charge < -0.3 is 0 Å². The molecule has 100 valence electrons. The Morgan fingerprint density at radius 2 is 1.90 bits per heavy atom. The highest BCUT2D eigenvalue weighted by Crippen LogP contribution is 2.21. The Hall–Kier alpha value is -2.18. The van der Waals surface area contributed by atoms with E-state index in [1.165, 1.54) is 17.2 Å². The maximum absolute atomic E-state index is 14.1. The first-order valence-corrected chi connectivity index (χ1v) is 6.74. The molecule has 1 heterocycles. The molecule has 0 atom stereocenters. The molecule has 0 saturated heterocycles. The average Bonchev–Trinajstić information content (AvgIpc) is 2.49. The van der Waals surface area contributed by atoms with E-state index < -0.39 is 0 Å². The highest BCUT2D eigenvalue weighted by molar-refractivity contribution is 5.35. The molecule has 1 aliphatic rings. The number of rotatable bonds is 2. The minimum atomic E-state index is -0.381. The molecular weight excluding hydrogens is 251 g/mol. The summed E-state index contributed by atoms with van der Waals surface area (Å²) in [6.07, 6.45) is 0.996. The molecule has 2 aromatic carbocycles. The van der Waals surface area contributed by atoms with Gasteiger partial charge in [-0.2, -0.15) is 5.26 Å². The second kappa shape index (κ2) is 5.44. The smallest absolute Gasteiger partial charge is 0.145 e. The van der Waals surface area contributed by atoms with E-state index in [9.17, 15) is 4.39 Å². The van der Waals surface area contributed by atoms with Crippen LogP contribution in [0, 0.1) is 17.1 Å². The van der Waals surface area contributed by atoms with Crippen LogP contribution < -0.4 is 0 Å². The first-order valence-electron chi connectivity index (χ1n) is 6.74. The number of benzene rings is 2. The summed E-state index contributed by atoms with van der Waals surface area (Å²) in [7, 11) is 0. The summed E-state index contributed by atoms with van der Waals surface area (Å²) in [5, 5.41) is 8.88. The van der Waals surface area contributed by atoms with Crippen LogP contribution in [-0.2, 0) is 19.5 Å². The summed E-state index contributed by atoms with van der Waals surface area (Å²) >= 11 is 0. The fourth-order valence-corrected chi connectivity index (χ4v) is 2.72. The minimum absolute atomic E-state index is 0.125. The van der Waals surface area contributed by atoms with Crippen LogP contribution in [0.5, 0.6) is 0 Å². The molecule has 2 aromatic rings. The Morgan fingerprint density at radius 1 is 1.10 bits per heavy atom. The zero-order chi connectivity index (χ0) is 13.9. The topological polar surface area (TPSA) is 27.0 Å². The van der Waals surface area contributed by atoms with Crippen LogP contribution in [0.4, 0.5) is 4.39 Å². The molecule has 0 amide bonds. The van der Waals surface area contributed by atoms with Gasteiger partial charge in [0.1, 0.15) is 11.9 Å². The summed E-state index contributed by atoms with van der Waals surface area (Å²) in [4.78, 5) is 2.22. The monoisotopic (exact) mass is 266 g/mol. The first kappa shape index (κ1) is 12.8. The molecule has 0 fully saturated rings. The number of halogens is 1. The van der Waals surface area contributed by atoms with Gasteiger partial charge in [0, 0.05) is 25.2 Å². The van der Waals surface area contributed by atoms with E-state index in [1.807, 2.05) is 12.1 Å². The average molecular weight is 266 g/mol. The van der Waals surface area contributed by atoms with Crippen LogP contribution >= 0.6 is 0 Å². The van der Waals surface area contributed by atoms with Gasteiger partial charge in [0.25, 0.3) is 0 Å². The lowest BCUT2D eigenvalue weighted by Gasteiger charge is -2.28. The third-order valence-electron chi connectivity index (χ3n) is 3.80. The lowest BCUT2D eigenvalue weighted by molar-refractivity contribution is 0.242. The van der Waals surface area contributed by atoms with Crippen molar-refractivity contribution >= 4 is 0 Å². The van der Waals surface area contributed by atoms with Crippen molar-refractivity contribution in [3.05, 3.63) is 70.5 Å². The van der Waals surface area contributed by atoms with E-state index in [0.29, 0.717) is 12.1 Å². The van der Waals surface area contributed by atoms with Crippen molar-refractivity contribution in [1.82, 2.24) is 4.90 Å². The van der Waals surface area contributed by atoms with E-state index in [0.717, 1.165) is 19.5 Å². The van der Waals surface area contributed by atoms with Gasteiger partial charge in [-0.05, 0) is 23.6 Å². The molecule has 0 aliphatic carbocycles. The highest BCUT2D eigenvalue weighted by Gasteiger charge is 2.17. The maximum Gasteiger partial charge on any atom is 0.145 e. The van der Waals surface area contributed by atoms with Gasteiger partial charge in [-0.1, -0.05) is 36.4 Å². The van der Waals surface area contributed by atoms with Crippen molar-refractivity contribution in [2.75, 3.05) is 6.54 Å². The summed E-state index contributed by atoms with van der Waals surface area (Å²) in [5.41, 5.74) is 3.42. The highest BCUT2D eigenvalue weighted by atomic mass is 19.1. The number of hydrogen-bond donors (Lipinski definition) is 0. The molecule has 20 heavy (non-hydrogen) atoms. The molecule has 0 saturated carbocycles. The number of nitriles is 1. The number of fused-ring (bicyclic) bond motifs is 1. The van der Waals surface area contributed by atoms with Gasteiger partial charge in [0.15, 0.2) is 0 Å². The lowest BCUT2D eigenvalue weighted by Crippen LogP contribution is -2.30. The van der Waals surface area contributed by atoms with E-state index >= 15 is 0 Å². The summed E-state index contributed by atoms with van der Waals surface area (Å²) in [5.74, 6) is -0.381. The zero-order valence-electron chi connectivity index (χ0n) is 11.1. The fourth-order valence-electron chi connectivity index (χ4n) is 2.72. The van der Waals surface area contributed by atoms with Crippen molar-refractivity contribution in [1.29, 1.82) is 5.26 Å².